The van der Waals surface area contributed by atoms with Crippen molar-refractivity contribution in [3.05, 3.63) is 12.7 Å². The summed E-state index contributed by atoms with van der Waals surface area (Å²) in [5, 5.41) is 5.16. The molecule has 2 rings (SSSR count). The summed E-state index contributed by atoms with van der Waals surface area (Å²) in [5.74, 6) is 0.129. The van der Waals surface area contributed by atoms with Gasteiger partial charge < -0.3 is 21.3 Å². The van der Waals surface area contributed by atoms with Gasteiger partial charge in [-0.05, 0) is 41.9 Å². The first-order chi connectivity index (χ1) is 15.7. The number of rotatable bonds is 9. The first kappa shape index (κ1) is 27.6. The van der Waals surface area contributed by atoms with Gasteiger partial charge >= 0.3 is 0 Å². The number of nitrogens with zero attached hydrogens (tertiary/aromatic N) is 1. The quantitative estimate of drug-likeness (QED) is 0.267. The molecular weight excluding hydrogens is 432 g/mol. The molecule has 1 aliphatic heterocycles. The number of carbonyl (C=O) groups is 4. The van der Waals surface area contributed by atoms with Crippen molar-refractivity contribution in [2.45, 2.75) is 84.8 Å². The zero-order valence-corrected chi connectivity index (χ0v) is 21.2. The van der Waals surface area contributed by atoms with E-state index in [9.17, 15) is 19.2 Å². The molecule has 34 heavy (non-hydrogen) atoms. The molecule has 0 bridgehead atoms. The van der Waals surface area contributed by atoms with E-state index in [1.54, 1.807) is 4.90 Å². The Morgan fingerprint density at radius 2 is 1.91 bits per heavy atom. The maximum absolute atomic E-state index is 13.5. The standard InChI is InChI=1S/C26H40N4O4/c1-8-10-11-17(19(31)22(33)28-14-9-2)29-21(32)18-15-26(13-12-25(26,6)7)16-30(18)23(34)20(27)24(3,4)5/h1,9,17-18,20H,2,10-16,27H2,3-7H3,(H,28,33)(H,29,32)/t17?,18-,20+,26?/m0/s1. The molecule has 0 radical (unpaired) electrons. The third kappa shape index (κ3) is 5.52. The normalized spacial score (nSPS) is 25.0. The van der Waals surface area contributed by atoms with E-state index in [0.717, 1.165) is 12.8 Å². The van der Waals surface area contributed by atoms with Crippen LogP contribution in [0.3, 0.4) is 0 Å². The van der Waals surface area contributed by atoms with Gasteiger partial charge in [0.1, 0.15) is 6.04 Å². The van der Waals surface area contributed by atoms with Crippen LogP contribution in [-0.4, -0.2) is 59.6 Å². The molecule has 4 atom stereocenters. The second-order valence-corrected chi connectivity index (χ2v) is 11.4. The van der Waals surface area contributed by atoms with Crippen molar-refractivity contribution in [3.8, 4) is 12.3 Å². The third-order valence-electron chi connectivity index (χ3n) is 7.72. The van der Waals surface area contributed by atoms with Crippen molar-refractivity contribution in [1.29, 1.82) is 0 Å². The fourth-order valence-electron chi connectivity index (χ4n) is 4.82. The lowest BCUT2D eigenvalue weighted by atomic mass is 9.50. The van der Waals surface area contributed by atoms with Crippen LogP contribution in [0, 0.1) is 28.6 Å². The molecule has 1 saturated heterocycles. The molecule has 8 heteroatoms. The van der Waals surface area contributed by atoms with E-state index in [2.05, 4.69) is 37.0 Å². The van der Waals surface area contributed by atoms with Crippen LogP contribution in [0.2, 0.25) is 0 Å². The van der Waals surface area contributed by atoms with Gasteiger partial charge in [-0.2, -0.15) is 0 Å². The minimum atomic E-state index is -1.08. The highest BCUT2D eigenvalue weighted by Gasteiger charge is 2.61. The topological polar surface area (TPSA) is 122 Å². The van der Waals surface area contributed by atoms with Gasteiger partial charge in [0, 0.05) is 19.5 Å². The Kier molecular flexibility index (Phi) is 8.36. The summed E-state index contributed by atoms with van der Waals surface area (Å²) in [5.41, 5.74) is 5.62. The fraction of sp³-hybridized carbons (Fsp3) is 0.692. The van der Waals surface area contributed by atoms with Crippen molar-refractivity contribution in [1.82, 2.24) is 15.5 Å². The number of Topliss-reactive ketones (excluding diaryl/α,β-unsaturated/α-hetero) is 1. The molecule has 1 saturated carbocycles. The van der Waals surface area contributed by atoms with Gasteiger partial charge in [0.2, 0.25) is 17.6 Å². The highest BCUT2D eigenvalue weighted by molar-refractivity contribution is 6.38. The van der Waals surface area contributed by atoms with E-state index in [0.29, 0.717) is 13.0 Å². The molecular formula is C26H40N4O4. The average molecular weight is 473 g/mol. The highest BCUT2D eigenvalue weighted by atomic mass is 16.2. The van der Waals surface area contributed by atoms with Crippen molar-refractivity contribution in [3.63, 3.8) is 0 Å². The van der Waals surface area contributed by atoms with Crippen molar-refractivity contribution < 1.29 is 19.2 Å². The molecule has 1 spiro atoms. The number of carbonyl (C=O) groups excluding carboxylic acids is 4. The number of ketones is 1. The monoisotopic (exact) mass is 472 g/mol. The van der Waals surface area contributed by atoms with Gasteiger partial charge in [-0.3, -0.25) is 19.2 Å². The van der Waals surface area contributed by atoms with Crippen LogP contribution in [0.5, 0.6) is 0 Å². The molecule has 2 unspecified atom stereocenters. The van der Waals surface area contributed by atoms with Crippen LogP contribution >= 0.6 is 0 Å². The number of terminal acetylenes is 1. The summed E-state index contributed by atoms with van der Waals surface area (Å²) >= 11 is 0. The molecule has 1 heterocycles. The Hall–Kier alpha value is -2.66. The van der Waals surface area contributed by atoms with E-state index in [1.807, 2.05) is 20.8 Å². The SMILES string of the molecule is C#CCCC(NC(=O)[C@@H]1CC2(CCC2(C)C)CN1C(=O)[C@@H](N)C(C)(C)C)C(=O)C(=O)NCC=C. The van der Waals surface area contributed by atoms with Crippen LogP contribution in [0.4, 0.5) is 0 Å². The first-order valence-electron chi connectivity index (χ1n) is 11.9. The zero-order valence-electron chi connectivity index (χ0n) is 21.2. The lowest BCUT2D eigenvalue weighted by Crippen LogP contribution is -2.57. The number of nitrogens with one attached hydrogen (secondary N) is 2. The molecule has 4 N–H and O–H groups in total. The van der Waals surface area contributed by atoms with E-state index in [1.165, 1.54) is 6.08 Å². The van der Waals surface area contributed by atoms with Crippen LogP contribution in [-0.2, 0) is 19.2 Å². The maximum Gasteiger partial charge on any atom is 0.289 e. The Labute approximate surface area is 203 Å². The van der Waals surface area contributed by atoms with Crippen molar-refractivity contribution >= 4 is 23.5 Å². The summed E-state index contributed by atoms with van der Waals surface area (Å²) < 4.78 is 0. The molecule has 0 aromatic rings. The highest BCUT2D eigenvalue weighted by Crippen LogP contribution is 2.62. The van der Waals surface area contributed by atoms with Crippen molar-refractivity contribution in [2.24, 2.45) is 22.0 Å². The van der Waals surface area contributed by atoms with Gasteiger partial charge in [-0.1, -0.05) is 40.7 Å². The van der Waals surface area contributed by atoms with Gasteiger partial charge in [0.25, 0.3) is 5.91 Å². The average Bonchev–Trinajstić information content (AvgIpc) is 3.21. The molecule has 188 valence electrons. The molecule has 2 aliphatic rings. The van der Waals surface area contributed by atoms with E-state index in [-0.39, 0.29) is 36.1 Å². The summed E-state index contributed by atoms with van der Waals surface area (Å²) in [7, 11) is 0. The van der Waals surface area contributed by atoms with Crippen LogP contribution in [0.15, 0.2) is 12.7 Å². The Bertz CT molecular complexity index is 882. The van der Waals surface area contributed by atoms with Gasteiger partial charge in [-0.15, -0.1) is 18.9 Å². The Balaban J connectivity index is 2.29. The van der Waals surface area contributed by atoms with Crippen LogP contribution in [0.1, 0.15) is 66.7 Å². The second-order valence-electron chi connectivity index (χ2n) is 11.4. The van der Waals surface area contributed by atoms with Gasteiger partial charge in [-0.25, -0.2) is 0 Å². The lowest BCUT2D eigenvalue weighted by Gasteiger charge is -2.54. The fourth-order valence-corrected chi connectivity index (χ4v) is 4.82. The number of hydrogen-bond acceptors (Lipinski definition) is 5. The minimum absolute atomic E-state index is 0.0182. The van der Waals surface area contributed by atoms with E-state index >= 15 is 0 Å². The largest absolute Gasteiger partial charge is 0.346 e. The number of likely N-dealkylation sites (tertiary alicyclic amines) is 1. The number of amides is 3. The lowest BCUT2D eigenvalue weighted by molar-refractivity contribution is -0.143. The van der Waals surface area contributed by atoms with Crippen molar-refractivity contribution in [2.75, 3.05) is 13.1 Å². The molecule has 1 aliphatic carbocycles. The predicted molar refractivity (Wildman–Crippen MR) is 131 cm³/mol. The number of nitrogens with two attached hydrogens (primary N) is 1. The van der Waals surface area contributed by atoms with Crippen LogP contribution in [0.25, 0.3) is 0 Å². The Morgan fingerprint density at radius 3 is 2.38 bits per heavy atom. The van der Waals surface area contributed by atoms with Gasteiger partial charge in [0.05, 0.1) is 12.1 Å². The minimum Gasteiger partial charge on any atom is -0.346 e. The maximum atomic E-state index is 13.5. The number of hydrogen-bond donors (Lipinski definition) is 3. The molecule has 0 aromatic carbocycles. The summed E-state index contributed by atoms with van der Waals surface area (Å²) in [6.07, 6.45) is 9.58. The third-order valence-corrected chi connectivity index (χ3v) is 7.72. The van der Waals surface area contributed by atoms with E-state index in [4.69, 9.17) is 12.2 Å². The second kappa shape index (κ2) is 10.3. The summed E-state index contributed by atoms with van der Waals surface area (Å²) in [6.45, 7) is 14.1. The predicted octanol–water partition coefficient (Wildman–Crippen LogP) is 1.54. The van der Waals surface area contributed by atoms with Gasteiger partial charge in [0.15, 0.2) is 0 Å². The van der Waals surface area contributed by atoms with Crippen LogP contribution < -0.4 is 16.4 Å². The smallest absolute Gasteiger partial charge is 0.289 e. The summed E-state index contributed by atoms with van der Waals surface area (Å²) in [6, 6.07) is -2.62. The van der Waals surface area contributed by atoms with E-state index < -0.39 is 41.1 Å². The first-order valence-corrected chi connectivity index (χ1v) is 11.9. The molecule has 0 aromatic heterocycles. The summed E-state index contributed by atoms with van der Waals surface area (Å²) in [4.78, 5) is 53.5. The Morgan fingerprint density at radius 1 is 1.26 bits per heavy atom. The molecule has 2 fully saturated rings. The molecule has 3 amide bonds. The zero-order chi connectivity index (χ0) is 25.9. The molecule has 8 nitrogen and oxygen atoms in total.